The van der Waals surface area contributed by atoms with E-state index in [-0.39, 0.29) is 24.2 Å². The molecule has 244 valence electrons. The Labute approximate surface area is 273 Å². The number of hydrogen-bond donors (Lipinski definition) is 0. The second kappa shape index (κ2) is 16.1. The molecule has 0 unspecified atom stereocenters. The number of carbonyl (C=O) groups is 1. The number of rotatable bonds is 13. The molecule has 0 saturated carbocycles. The van der Waals surface area contributed by atoms with Gasteiger partial charge in [-0.25, -0.2) is 4.79 Å². The van der Waals surface area contributed by atoms with Gasteiger partial charge < -0.3 is 28.6 Å². The predicted octanol–water partition coefficient (Wildman–Crippen LogP) is 8.15. The summed E-state index contributed by atoms with van der Waals surface area (Å²) in [6.07, 6.45) is -0.125. The standard InChI is InChI=1S/C39H47NO6/c1-5-43-35-25-40(38(41)46-39(2,3)4)26-36(45-28-30-16-17-31-14-9-10-15-33(31)24-30)37(35)32-18-20-34(21-19-32)44-23-11-22-42-27-29-12-7-6-8-13-29/h6-10,12-21,24,35-37H,5,11,22-23,25-28H2,1-4H3/t35-,36+,37+/m1/s1. The van der Waals surface area contributed by atoms with Gasteiger partial charge in [-0.3, -0.25) is 0 Å². The highest BCUT2D eigenvalue weighted by atomic mass is 16.6. The van der Waals surface area contributed by atoms with Gasteiger partial charge in [0.05, 0.1) is 51.7 Å². The Kier molecular flexibility index (Phi) is 11.7. The van der Waals surface area contributed by atoms with E-state index in [0.717, 1.165) is 23.3 Å². The molecule has 0 spiro atoms. The van der Waals surface area contributed by atoms with Gasteiger partial charge >= 0.3 is 6.09 Å². The summed E-state index contributed by atoms with van der Waals surface area (Å²) in [6.45, 7) is 11.2. The third-order valence-electron chi connectivity index (χ3n) is 7.99. The van der Waals surface area contributed by atoms with E-state index >= 15 is 0 Å². The number of nitrogens with zero attached hydrogens (tertiary/aromatic N) is 1. The zero-order chi connectivity index (χ0) is 32.4. The molecule has 1 aliphatic rings. The Morgan fingerprint density at radius 3 is 2.17 bits per heavy atom. The van der Waals surface area contributed by atoms with E-state index in [1.807, 2.05) is 70.2 Å². The summed E-state index contributed by atoms with van der Waals surface area (Å²) in [5.41, 5.74) is 2.74. The maximum absolute atomic E-state index is 13.2. The largest absolute Gasteiger partial charge is 0.494 e. The van der Waals surface area contributed by atoms with E-state index in [9.17, 15) is 4.79 Å². The molecular formula is C39H47NO6. The van der Waals surface area contributed by atoms with Crippen molar-refractivity contribution >= 4 is 16.9 Å². The lowest BCUT2D eigenvalue weighted by Crippen LogP contribution is -2.55. The van der Waals surface area contributed by atoms with Crippen molar-refractivity contribution in [2.24, 2.45) is 0 Å². The number of piperidine rings is 1. The second-order valence-corrected chi connectivity index (χ2v) is 12.7. The Morgan fingerprint density at radius 2 is 1.46 bits per heavy atom. The van der Waals surface area contributed by atoms with Crippen LogP contribution < -0.4 is 4.74 Å². The van der Waals surface area contributed by atoms with Crippen LogP contribution in [0.4, 0.5) is 4.79 Å². The monoisotopic (exact) mass is 625 g/mol. The fourth-order valence-corrected chi connectivity index (χ4v) is 5.84. The van der Waals surface area contributed by atoms with Crippen LogP contribution in [0.15, 0.2) is 97.1 Å². The third kappa shape index (κ3) is 9.55. The highest BCUT2D eigenvalue weighted by molar-refractivity contribution is 5.82. The van der Waals surface area contributed by atoms with Crippen molar-refractivity contribution in [2.45, 2.75) is 71.1 Å². The average molecular weight is 626 g/mol. The Bertz CT molecular complexity index is 1520. The van der Waals surface area contributed by atoms with Crippen molar-refractivity contribution < 1.29 is 28.5 Å². The summed E-state index contributed by atoms with van der Waals surface area (Å²) < 4.78 is 30.5. The normalized spacial score (nSPS) is 18.4. The molecular weight excluding hydrogens is 578 g/mol. The molecule has 0 radical (unpaired) electrons. The zero-order valence-corrected chi connectivity index (χ0v) is 27.5. The fraction of sp³-hybridized carbons (Fsp3) is 0.410. The molecule has 1 saturated heterocycles. The molecule has 4 aromatic carbocycles. The maximum Gasteiger partial charge on any atom is 0.410 e. The number of amides is 1. The van der Waals surface area contributed by atoms with E-state index in [2.05, 4.69) is 54.6 Å². The summed E-state index contributed by atoms with van der Waals surface area (Å²) in [6, 6.07) is 33.1. The molecule has 1 fully saturated rings. The van der Waals surface area contributed by atoms with Gasteiger partial charge in [0.1, 0.15) is 11.4 Å². The van der Waals surface area contributed by atoms with E-state index in [1.165, 1.54) is 16.3 Å². The lowest BCUT2D eigenvalue weighted by molar-refractivity contribution is -0.0940. The van der Waals surface area contributed by atoms with E-state index in [0.29, 0.717) is 46.1 Å². The molecule has 3 atom stereocenters. The van der Waals surface area contributed by atoms with Crippen LogP contribution in [-0.2, 0) is 32.2 Å². The summed E-state index contributed by atoms with van der Waals surface area (Å²) in [5, 5.41) is 2.36. The van der Waals surface area contributed by atoms with Crippen molar-refractivity contribution in [3.8, 4) is 5.75 Å². The third-order valence-corrected chi connectivity index (χ3v) is 7.99. The van der Waals surface area contributed by atoms with Gasteiger partial charge in [-0.05, 0) is 73.4 Å². The molecule has 7 heteroatoms. The minimum Gasteiger partial charge on any atom is -0.494 e. The first-order valence-electron chi connectivity index (χ1n) is 16.3. The van der Waals surface area contributed by atoms with Gasteiger partial charge in [-0.15, -0.1) is 0 Å². The smallest absolute Gasteiger partial charge is 0.410 e. The summed E-state index contributed by atoms with van der Waals surface area (Å²) in [5.74, 6) is 0.721. The van der Waals surface area contributed by atoms with Crippen LogP contribution in [0.5, 0.6) is 5.75 Å². The summed E-state index contributed by atoms with van der Waals surface area (Å²) >= 11 is 0. The van der Waals surface area contributed by atoms with Crippen LogP contribution in [0.1, 0.15) is 56.7 Å². The number of likely N-dealkylation sites (tertiary alicyclic amines) is 1. The predicted molar refractivity (Wildman–Crippen MR) is 181 cm³/mol. The number of hydrogen-bond acceptors (Lipinski definition) is 6. The quantitative estimate of drug-likeness (QED) is 0.140. The highest BCUT2D eigenvalue weighted by Crippen LogP contribution is 2.35. The van der Waals surface area contributed by atoms with Crippen LogP contribution in [-0.4, -0.2) is 61.7 Å². The van der Waals surface area contributed by atoms with Crippen LogP contribution in [0.2, 0.25) is 0 Å². The summed E-state index contributed by atoms with van der Waals surface area (Å²) in [7, 11) is 0. The molecule has 4 aromatic rings. The SMILES string of the molecule is CCO[C@@H]1CN(C(=O)OC(C)(C)C)C[C@H](OCc2ccc3ccccc3c2)[C@H]1c1ccc(OCCCOCc2ccccc2)cc1. The van der Waals surface area contributed by atoms with Crippen LogP contribution >= 0.6 is 0 Å². The van der Waals surface area contributed by atoms with Crippen molar-refractivity contribution in [3.05, 3.63) is 114 Å². The molecule has 0 aromatic heterocycles. The number of ether oxygens (including phenoxy) is 5. The Morgan fingerprint density at radius 1 is 0.761 bits per heavy atom. The van der Waals surface area contributed by atoms with Crippen molar-refractivity contribution in [1.82, 2.24) is 4.90 Å². The van der Waals surface area contributed by atoms with Crippen LogP contribution in [0.25, 0.3) is 10.8 Å². The number of benzene rings is 4. The van der Waals surface area contributed by atoms with Crippen molar-refractivity contribution in [1.29, 1.82) is 0 Å². The average Bonchev–Trinajstić information content (AvgIpc) is 3.05. The van der Waals surface area contributed by atoms with Gasteiger partial charge in [0.15, 0.2) is 0 Å². The van der Waals surface area contributed by atoms with Gasteiger partial charge in [0.2, 0.25) is 0 Å². The van der Waals surface area contributed by atoms with Crippen LogP contribution in [0.3, 0.4) is 0 Å². The van der Waals surface area contributed by atoms with Crippen molar-refractivity contribution in [2.75, 3.05) is 32.9 Å². The number of fused-ring (bicyclic) bond motifs is 1. The molecule has 0 aliphatic carbocycles. The van der Waals surface area contributed by atoms with Crippen LogP contribution in [0, 0.1) is 0 Å². The first-order chi connectivity index (χ1) is 22.3. The minimum atomic E-state index is -0.597. The first-order valence-corrected chi connectivity index (χ1v) is 16.3. The molecule has 1 aliphatic heterocycles. The van der Waals surface area contributed by atoms with E-state index < -0.39 is 5.60 Å². The number of carbonyl (C=O) groups excluding carboxylic acids is 1. The zero-order valence-electron chi connectivity index (χ0n) is 27.5. The van der Waals surface area contributed by atoms with Gasteiger partial charge in [0, 0.05) is 18.9 Å². The lowest BCUT2D eigenvalue weighted by atomic mass is 9.84. The molecule has 0 N–H and O–H groups in total. The second-order valence-electron chi connectivity index (χ2n) is 12.7. The van der Waals surface area contributed by atoms with E-state index in [1.54, 1.807) is 4.90 Å². The molecule has 7 nitrogen and oxygen atoms in total. The Hall–Kier alpha value is -3.91. The Balaban J connectivity index is 1.26. The van der Waals surface area contributed by atoms with Gasteiger partial charge in [-0.1, -0.05) is 78.9 Å². The van der Waals surface area contributed by atoms with E-state index in [4.69, 9.17) is 23.7 Å². The van der Waals surface area contributed by atoms with Gasteiger partial charge in [0.25, 0.3) is 0 Å². The molecule has 5 rings (SSSR count). The molecule has 46 heavy (non-hydrogen) atoms. The minimum absolute atomic E-state index is 0.0838. The molecule has 0 bridgehead atoms. The van der Waals surface area contributed by atoms with Gasteiger partial charge in [-0.2, -0.15) is 0 Å². The topological polar surface area (TPSA) is 66.5 Å². The summed E-state index contributed by atoms with van der Waals surface area (Å²) in [4.78, 5) is 14.9. The fourth-order valence-electron chi connectivity index (χ4n) is 5.84. The lowest BCUT2D eigenvalue weighted by Gasteiger charge is -2.43. The first kappa shape index (κ1) is 33.5. The molecule has 1 heterocycles. The highest BCUT2D eigenvalue weighted by Gasteiger charge is 2.42. The maximum atomic E-state index is 13.2. The molecule has 1 amide bonds. The van der Waals surface area contributed by atoms with Crippen molar-refractivity contribution in [3.63, 3.8) is 0 Å².